The molecule has 1 saturated heterocycles. The molecular weight excluding hydrogens is 574 g/mol. The van der Waals surface area contributed by atoms with Crippen LogP contribution in [0.4, 0.5) is 34.6 Å². The first kappa shape index (κ1) is 31.0. The third-order valence-corrected chi connectivity index (χ3v) is 7.26. The number of hydrogen-bond acceptors (Lipinski definition) is 7. The molecule has 1 aliphatic rings. The molecule has 1 fully saturated rings. The number of aliphatic carboxylic acids is 1. The number of rotatable bonds is 7. The van der Waals surface area contributed by atoms with E-state index in [9.17, 15) is 35.9 Å². The van der Waals surface area contributed by atoms with E-state index >= 15 is 0 Å². The number of hydrogen-bond donors (Lipinski definition) is 3. The highest BCUT2D eigenvalue weighted by Crippen LogP contribution is 2.31. The smallest absolute Gasteiger partial charge is 0.490 e. The van der Waals surface area contributed by atoms with Crippen LogP contribution in [-0.2, 0) is 14.8 Å². The molecule has 0 aromatic heterocycles. The highest BCUT2D eigenvalue weighted by atomic mass is 32.2. The normalized spacial score (nSPS) is 13.6. The molecule has 0 radical (unpaired) electrons. The first-order valence-corrected chi connectivity index (χ1v) is 13.3. The van der Waals surface area contributed by atoms with E-state index in [-0.39, 0.29) is 16.1 Å². The van der Waals surface area contributed by atoms with Gasteiger partial charge in [0.15, 0.2) is 0 Å². The van der Waals surface area contributed by atoms with E-state index in [1.165, 1.54) is 24.3 Å². The number of carboxylic acids is 2. The molecule has 0 unspecified atom stereocenters. The summed E-state index contributed by atoms with van der Waals surface area (Å²) in [4.78, 5) is 24.4. The summed E-state index contributed by atoms with van der Waals surface area (Å²) in [6.07, 6.45) is -5.08. The summed E-state index contributed by atoms with van der Waals surface area (Å²) in [6.45, 7) is 2.55. The number of alkyl halides is 3. The van der Waals surface area contributed by atoms with Crippen LogP contribution >= 0.6 is 0 Å². The predicted octanol–water partition coefficient (Wildman–Crippen LogP) is 4.29. The van der Waals surface area contributed by atoms with Crippen LogP contribution < -0.4 is 19.3 Å². The van der Waals surface area contributed by atoms with Gasteiger partial charge in [0.2, 0.25) is 0 Å². The average molecular weight is 600 g/mol. The second-order valence-electron chi connectivity index (χ2n) is 8.57. The topological polar surface area (TPSA) is 136 Å². The lowest BCUT2D eigenvalue weighted by molar-refractivity contribution is -0.192. The Morgan fingerprint density at radius 1 is 0.902 bits per heavy atom. The summed E-state index contributed by atoms with van der Waals surface area (Å²) < 4.78 is 78.8. The minimum Gasteiger partial charge on any atom is -0.497 e. The molecule has 0 atom stereocenters. The van der Waals surface area contributed by atoms with Crippen molar-refractivity contribution in [2.45, 2.75) is 11.1 Å². The third-order valence-electron chi connectivity index (χ3n) is 5.89. The minimum absolute atomic E-state index is 0.0578. The first-order valence-electron chi connectivity index (χ1n) is 11.8. The van der Waals surface area contributed by atoms with Gasteiger partial charge in [-0.25, -0.2) is 22.4 Å². The minimum atomic E-state index is -5.08. The average Bonchev–Trinajstić information content (AvgIpc) is 2.93. The Kier molecular flexibility index (Phi) is 9.65. The molecule has 1 aliphatic heterocycles. The van der Waals surface area contributed by atoms with Crippen molar-refractivity contribution in [1.82, 2.24) is 0 Å². The number of aromatic carboxylic acids is 1. The first-order chi connectivity index (χ1) is 19.2. The summed E-state index contributed by atoms with van der Waals surface area (Å²) in [5, 5.41) is 16.5. The van der Waals surface area contributed by atoms with E-state index in [0.717, 1.165) is 23.6 Å². The summed E-state index contributed by atoms with van der Waals surface area (Å²) in [6, 6.07) is 16.7. The van der Waals surface area contributed by atoms with Gasteiger partial charge in [-0.15, -0.1) is 0 Å². The van der Waals surface area contributed by atoms with Crippen molar-refractivity contribution in [2.75, 3.05) is 47.8 Å². The van der Waals surface area contributed by atoms with Crippen LogP contribution in [0.3, 0.4) is 0 Å². The quantitative estimate of drug-likeness (QED) is 0.340. The van der Waals surface area contributed by atoms with E-state index in [1.807, 2.05) is 29.2 Å². The van der Waals surface area contributed by atoms with E-state index in [0.29, 0.717) is 31.9 Å². The number of halogens is 4. The number of carboxylic acid groups (broad SMARTS) is 2. The predicted molar refractivity (Wildman–Crippen MR) is 142 cm³/mol. The number of methoxy groups -OCH3 is 1. The third kappa shape index (κ3) is 8.23. The molecule has 0 aliphatic carbocycles. The van der Waals surface area contributed by atoms with Crippen molar-refractivity contribution < 1.29 is 50.5 Å². The molecule has 220 valence electrons. The molecule has 15 heteroatoms. The van der Waals surface area contributed by atoms with Crippen molar-refractivity contribution in [1.29, 1.82) is 0 Å². The molecule has 10 nitrogen and oxygen atoms in total. The van der Waals surface area contributed by atoms with Crippen LogP contribution in [0.1, 0.15) is 10.4 Å². The number of anilines is 3. The van der Waals surface area contributed by atoms with Gasteiger partial charge < -0.3 is 24.7 Å². The van der Waals surface area contributed by atoms with Crippen molar-refractivity contribution in [3.8, 4) is 5.75 Å². The maximum absolute atomic E-state index is 13.6. The second-order valence-corrected chi connectivity index (χ2v) is 10.3. The lowest BCUT2D eigenvalue weighted by Gasteiger charge is -2.38. The molecule has 0 bridgehead atoms. The highest BCUT2D eigenvalue weighted by Gasteiger charge is 2.38. The molecular formula is C26H25F4N3O7S. The number of benzene rings is 3. The monoisotopic (exact) mass is 599 g/mol. The van der Waals surface area contributed by atoms with E-state index < -0.39 is 34.0 Å². The van der Waals surface area contributed by atoms with Gasteiger partial charge in [-0.1, -0.05) is 6.07 Å². The zero-order chi connectivity index (χ0) is 30.4. The van der Waals surface area contributed by atoms with Crippen molar-refractivity contribution in [3.05, 3.63) is 78.1 Å². The molecule has 3 aromatic rings. The lowest BCUT2D eigenvalue weighted by Crippen LogP contribution is -2.46. The van der Waals surface area contributed by atoms with Crippen LogP contribution in [-0.4, -0.2) is 70.0 Å². The largest absolute Gasteiger partial charge is 0.497 e. The maximum Gasteiger partial charge on any atom is 0.490 e. The fourth-order valence-electron chi connectivity index (χ4n) is 3.86. The van der Waals surface area contributed by atoms with Crippen LogP contribution in [0.5, 0.6) is 5.75 Å². The summed E-state index contributed by atoms with van der Waals surface area (Å²) in [5.41, 5.74) is 1.67. The van der Waals surface area contributed by atoms with Gasteiger partial charge in [0.1, 0.15) is 11.6 Å². The van der Waals surface area contributed by atoms with E-state index in [2.05, 4.69) is 9.62 Å². The highest BCUT2D eigenvalue weighted by molar-refractivity contribution is 7.92. The van der Waals surface area contributed by atoms with Crippen molar-refractivity contribution >= 4 is 39.0 Å². The number of nitrogens with one attached hydrogen (secondary N) is 1. The lowest BCUT2D eigenvalue weighted by atomic mass is 10.1. The Labute approximate surface area is 232 Å². The van der Waals surface area contributed by atoms with Gasteiger partial charge in [-0.3, -0.25) is 4.72 Å². The van der Waals surface area contributed by atoms with Crippen LogP contribution in [0.25, 0.3) is 0 Å². The van der Waals surface area contributed by atoms with Gasteiger partial charge in [-0.05, 0) is 60.7 Å². The van der Waals surface area contributed by atoms with Crippen LogP contribution in [0.2, 0.25) is 0 Å². The number of carbonyl (C=O) groups is 2. The van der Waals surface area contributed by atoms with Crippen LogP contribution in [0, 0.1) is 5.82 Å². The summed E-state index contributed by atoms with van der Waals surface area (Å²) in [7, 11) is -2.52. The number of ether oxygens (including phenoxy) is 1. The Morgan fingerprint density at radius 3 is 2.00 bits per heavy atom. The Morgan fingerprint density at radius 2 is 1.49 bits per heavy atom. The van der Waals surface area contributed by atoms with Gasteiger partial charge in [0.25, 0.3) is 10.0 Å². The van der Waals surface area contributed by atoms with Crippen molar-refractivity contribution in [3.63, 3.8) is 0 Å². The SMILES string of the molecule is COc1ccc(N2CCN(c3ccc(C(=O)O)cc3NS(=O)(=O)c3cccc(F)c3)CC2)cc1.O=C(O)C(F)(F)F. The molecule has 1 heterocycles. The van der Waals surface area contributed by atoms with Crippen molar-refractivity contribution in [2.24, 2.45) is 0 Å². The molecule has 3 N–H and O–H groups in total. The maximum atomic E-state index is 13.6. The Bertz CT molecular complexity index is 1490. The second kappa shape index (κ2) is 12.8. The number of sulfonamides is 1. The zero-order valence-corrected chi connectivity index (χ0v) is 22.2. The Balaban J connectivity index is 0.000000587. The van der Waals surface area contributed by atoms with E-state index in [4.69, 9.17) is 14.6 Å². The standard InChI is InChI=1S/C24H24FN3O5S.C2HF3O2/c1-33-20-8-6-19(7-9-20)27-11-13-28(14-12-27)23-10-5-17(24(29)30)15-22(23)26-34(31,32)21-4-2-3-18(25)16-21;3-2(4,5)1(6)7/h2-10,15-16,26H,11-14H2,1H3,(H,29,30);(H,6,7). The summed E-state index contributed by atoms with van der Waals surface area (Å²) >= 11 is 0. The zero-order valence-electron chi connectivity index (χ0n) is 21.4. The fraction of sp³-hybridized carbons (Fsp3) is 0.231. The van der Waals surface area contributed by atoms with Gasteiger partial charge in [0.05, 0.1) is 28.9 Å². The summed E-state index contributed by atoms with van der Waals surface area (Å²) in [5.74, 6) is -3.84. The molecule has 4 rings (SSSR count). The van der Waals surface area contributed by atoms with E-state index in [1.54, 1.807) is 13.2 Å². The molecule has 3 aromatic carbocycles. The molecule has 0 spiro atoms. The number of nitrogens with zero attached hydrogens (tertiary/aromatic N) is 2. The molecule has 0 amide bonds. The number of piperazine rings is 1. The van der Waals surface area contributed by atoms with Crippen LogP contribution in [0.15, 0.2) is 71.6 Å². The molecule has 41 heavy (non-hydrogen) atoms. The van der Waals surface area contributed by atoms with Gasteiger partial charge in [0, 0.05) is 31.9 Å². The van der Waals surface area contributed by atoms with Gasteiger partial charge in [-0.2, -0.15) is 13.2 Å². The fourth-order valence-corrected chi connectivity index (χ4v) is 4.96. The molecule has 0 saturated carbocycles. The Hall–Kier alpha value is -4.53. The van der Waals surface area contributed by atoms with Gasteiger partial charge >= 0.3 is 18.1 Å².